The predicted molar refractivity (Wildman–Crippen MR) is 116 cm³/mol. The number of rotatable bonds is 9. The maximum absolute atomic E-state index is 13.7. The Morgan fingerprint density at radius 3 is 2.87 bits per heavy atom. The Labute approximate surface area is 183 Å². The molecule has 0 unspecified atom stereocenters. The molecule has 0 spiro atoms. The molecular formula is C21H20ClFN4O2S. The van der Waals surface area contributed by atoms with E-state index in [-0.39, 0.29) is 24.0 Å². The Hall–Kier alpha value is -2.84. The van der Waals surface area contributed by atoms with Gasteiger partial charge in [-0.25, -0.2) is 4.39 Å². The molecule has 3 rings (SSSR count). The summed E-state index contributed by atoms with van der Waals surface area (Å²) in [5, 5.41) is 12.1. The van der Waals surface area contributed by atoms with E-state index in [1.807, 2.05) is 17.6 Å². The lowest BCUT2D eigenvalue weighted by atomic mass is 10.2. The van der Waals surface area contributed by atoms with E-state index < -0.39 is 5.82 Å². The van der Waals surface area contributed by atoms with Crippen molar-refractivity contribution in [3.63, 3.8) is 0 Å². The van der Waals surface area contributed by atoms with Crippen molar-refractivity contribution in [3.05, 3.63) is 77.3 Å². The number of amides is 1. The smallest absolute Gasteiger partial charge is 0.234 e. The highest BCUT2D eigenvalue weighted by Crippen LogP contribution is 2.24. The molecule has 0 aliphatic rings. The van der Waals surface area contributed by atoms with Crippen molar-refractivity contribution >= 4 is 35.0 Å². The molecule has 1 amide bonds. The van der Waals surface area contributed by atoms with Crippen LogP contribution < -0.4 is 10.1 Å². The fraction of sp³-hybridized carbons (Fsp3) is 0.190. The number of ether oxygens (including phenoxy) is 1. The molecule has 1 aromatic heterocycles. The Balaban J connectivity index is 1.64. The lowest BCUT2D eigenvalue weighted by Crippen LogP contribution is -2.15. The topological polar surface area (TPSA) is 69.0 Å². The second-order valence-electron chi connectivity index (χ2n) is 6.31. The minimum Gasteiger partial charge on any atom is -0.485 e. The standard InChI is InChI=1S/C21H20ClFN4O2S/c1-3-10-27-19(12-29-18-9-8-15(22)11-14(18)2)25-26-21(27)30-13-20(28)24-17-7-5-4-6-16(17)23/h3-9,11H,1,10,12-13H2,2H3,(H,24,28). The number of hydrogen-bond acceptors (Lipinski definition) is 5. The Morgan fingerprint density at radius 2 is 2.13 bits per heavy atom. The number of allylic oxidation sites excluding steroid dienone is 1. The summed E-state index contributed by atoms with van der Waals surface area (Å²) in [4.78, 5) is 12.2. The Morgan fingerprint density at radius 1 is 1.33 bits per heavy atom. The van der Waals surface area contributed by atoms with Gasteiger partial charge in [-0.05, 0) is 42.8 Å². The third-order valence-corrected chi connectivity index (χ3v) is 5.28. The zero-order valence-electron chi connectivity index (χ0n) is 16.3. The summed E-state index contributed by atoms with van der Waals surface area (Å²) in [6, 6.07) is 11.4. The molecule has 1 heterocycles. The van der Waals surface area contributed by atoms with Crippen LogP contribution in [0.25, 0.3) is 0 Å². The average molecular weight is 447 g/mol. The van der Waals surface area contributed by atoms with E-state index in [0.29, 0.717) is 28.3 Å². The normalized spacial score (nSPS) is 10.6. The number of anilines is 1. The van der Waals surface area contributed by atoms with E-state index in [1.165, 1.54) is 23.9 Å². The van der Waals surface area contributed by atoms with Gasteiger partial charge in [0.15, 0.2) is 11.0 Å². The maximum Gasteiger partial charge on any atom is 0.234 e. The molecule has 9 heteroatoms. The van der Waals surface area contributed by atoms with Crippen LogP contribution in [0.1, 0.15) is 11.4 Å². The van der Waals surface area contributed by atoms with Crippen LogP contribution in [0.3, 0.4) is 0 Å². The van der Waals surface area contributed by atoms with Gasteiger partial charge in [-0.1, -0.05) is 41.6 Å². The number of nitrogens with zero attached hydrogens (tertiary/aromatic N) is 3. The predicted octanol–water partition coefficient (Wildman–Crippen LogP) is 4.87. The highest BCUT2D eigenvalue weighted by molar-refractivity contribution is 7.99. The number of thioether (sulfide) groups is 1. The Kier molecular flexibility index (Phi) is 7.48. The van der Waals surface area contributed by atoms with E-state index in [9.17, 15) is 9.18 Å². The second kappa shape index (κ2) is 10.3. The quantitative estimate of drug-likeness (QED) is 0.375. The van der Waals surface area contributed by atoms with Gasteiger partial charge in [0.05, 0.1) is 11.4 Å². The van der Waals surface area contributed by atoms with Crippen LogP contribution in [0, 0.1) is 12.7 Å². The van der Waals surface area contributed by atoms with Crippen molar-refractivity contribution < 1.29 is 13.9 Å². The van der Waals surface area contributed by atoms with Gasteiger partial charge in [-0.2, -0.15) is 0 Å². The van der Waals surface area contributed by atoms with E-state index in [1.54, 1.807) is 30.3 Å². The van der Waals surface area contributed by atoms with E-state index in [0.717, 1.165) is 5.56 Å². The number of hydrogen-bond donors (Lipinski definition) is 1. The summed E-state index contributed by atoms with van der Waals surface area (Å²) in [6.45, 7) is 6.33. The van der Waals surface area contributed by atoms with Crippen molar-refractivity contribution in [1.82, 2.24) is 14.8 Å². The number of halogens is 2. The molecule has 0 radical (unpaired) electrons. The molecule has 2 aromatic carbocycles. The van der Waals surface area contributed by atoms with Crippen LogP contribution in [-0.2, 0) is 17.9 Å². The molecular weight excluding hydrogens is 427 g/mol. The number of carbonyl (C=O) groups excluding carboxylic acids is 1. The van der Waals surface area contributed by atoms with Gasteiger partial charge in [-0.3, -0.25) is 9.36 Å². The van der Waals surface area contributed by atoms with Crippen LogP contribution in [0.5, 0.6) is 5.75 Å². The summed E-state index contributed by atoms with van der Waals surface area (Å²) in [5.41, 5.74) is 1.06. The first kappa shape index (κ1) is 21.9. The lowest BCUT2D eigenvalue weighted by molar-refractivity contribution is -0.113. The van der Waals surface area contributed by atoms with Gasteiger partial charge >= 0.3 is 0 Å². The average Bonchev–Trinajstić information content (AvgIpc) is 3.09. The second-order valence-corrected chi connectivity index (χ2v) is 7.69. The molecule has 1 N–H and O–H groups in total. The van der Waals surface area contributed by atoms with Gasteiger partial charge in [-0.15, -0.1) is 16.8 Å². The van der Waals surface area contributed by atoms with Crippen LogP contribution in [0.2, 0.25) is 5.02 Å². The van der Waals surface area contributed by atoms with Gasteiger partial charge in [0.1, 0.15) is 18.2 Å². The highest BCUT2D eigenvalue weighted by Gasteiger charge is 2.15. The van der Waals surface area contributed by atoms with Gasteiger partial charge in [0, 0.05) is 11.6 Å². The zero-order valence-corrected chi connectivity index (χ0v) is 17.8. The summed E-state index contributed by atoms with van der Waals surface area (Å²) < 4.78 is 21.3. The first-order valence-electron chi connectivity index (χ1n) is 9.07. The van der Waals surface area contributed by atoms with Gasteiger partial charge in [0.2, 0.25) is 5.91 Å². The van der Waals surface area contributed by atoms with Crippen LogP contribution >= 0.6 is 23.4 Å². The maximum atomic E-state index is 13.7. The molecule has 0 saturated carbocycles. The minimum absolute atomic E-state index is 0.0563. The lowest BCUT2D eigenvalue weighted by Gasteiger charge is -2.11. The van der Waals surface area contributed by atoms with Crippen molar-refractivity contribution in [2.75, 3.05) is 11.1 Å². The third-order valence-electron chi connectivity index (χ3n) is 4.08. The minimum atomic E-state index is -0.484. The highest BCUT2D eigenvalue weighted by atomic mass is 35.5. The number of nitrogens with one attached hydrogen (secondary N) is 1. The van der Waals surface area contributed by atoms with Crippen molar-refractivity contribution in [2.45, 2.75) is 25.2 Å². The van der Waals surface area contributed by atoms with Crippen molar-refractivity contribution in [1.29, 1.82) is 0 Å². The molecule has 6 nitrogen and oxygen atoms in total. The summed E-state index contributed by atoms with van der Waals surface area (Å²) >= 11 is 7.18. The Bertz CT molecular complexity index is 1060. The van der Waals surface area contributed by atoms with E-state index in [2.05, 4.69) is 22.1 Å². The monoisotopic (exact) mass is 446 g/mol. The molecule has 0 bridgehead atoms. The van der Waals surface area contributed by atoms with Gasteiger partial charge in [0.25, 0.3) is 0 Å². The molecule has 3 aromatic rings. The molecule has 0 atom stereocenters. The van der Waals surface area contributed by atoms with Crippen LogP contribution in [0.4, 0.5) is 10.1 Å². The van der Waals surface area contributed by atoms with Crippen molar-refractivity contribution in [3.8, 4) is 5.75 Å². The molecule has 0 aliphatic heterocycles. The fourth-order valence-corrected chi connectivity index (χ4v) is 3.63. The molecule has 0 fully saturated rings. The summed E-state index contributed by atoms with van der Waals surface area (Å²) in [7, 11) is 0. The van der Waals surface area contributed by atoms with Crippen LogP contribution in [-0.4, -0.2) is 26.4 Å². The number of carbonyl (C=O) groups is 1. The van der Waals surface area contributed by atoms with Gasteiger partial charge < -0.3 is 10.1 Å². The fourth-order valence-electron chi connectivity index (χ4n) is 2.64. The van der Waals surface area contributed by atoms with Crippen LogP contribution in [0.15, 0.2) is 60.3 Å². The first-order chi connectivity index (χ1) is 14.5. The number of benzene rings is 2. The number of aromatic nitrogens is 3. The van der Waals surface area contributed by atoms with Crippen molar-refractivity contribution in [2.24, 2.45) is 0 Å². The first-order valence-corrected chi connectivity index (χ1v) is 10.4. The molecule has 0 saturated heterocycles. The SMILES string of the molecule is C=CCn1c(COc2ccc(Cl)cc2C)nnc1SCC(=O)Nc1ccccc1F. The summed E-state index contributed by atoms with van der Waals surface area (Å²) in [6.07, 6.45) is 1.71. The molecule has 30 heavy (non-hydrogen) atoms. The van der Waals surface area contributed by atoms with E-state index >= 15 is 0 Å². The third kappa shape index (κ3) is 5.61. The molecule has 0 aliphatic carbocycles. The van der Waals surface area contributed by atoms with E-state index in [4.69, 9.17) is 16.3 Å². The summed E-state index contributed by atoms with van der Waals surface area (Å²) in [5.74, 6) is 0.531. The number of aryl methyl sites for hydroxylation is 1. The zero-order chi connectivity index (χ0) is 21.5. The largest absolute Gasteiger partial charge is 0.485 e. The number of para-hydroxylation sites is 1. The molecule has 156 valence electrons.